The summed E-state index contributed by atoms with van der Waals surface area (Å²) in [5, 5.41) is 3.91. The molecule has 2 rings (SSSR count). The molecule has 0 aliphatic carbocycles. The molecule has 0 amide bonds. The van der Waals surface area contributed by atoms with Crippen LogP contribution in [0.15, 0.2) is 34.8 Å². The monoisotopic (exact) mass is 324 g/mol. The fraction of sp³-hybridized carbons (Fsp3) is 0.143. The smallest absolute Gasteiger partial charge is 0.0742 e. The van der Waals surface area contributed by atoms with Crippen LogP contribution in [0.5, 0.6) is 0 Å². The minimum atomic E-state index is 0.562. The van der Waals surface area contributed by atoms with Crippen LogP contribution in [-0.2, 0) is 0 Å². The summed E-state index contributed by atoms with van der Waals surface area (Å²) in [5.74, 6) is 0. The molecule has 2 aromatic rings. The van der Waals surface area contributed by atoms with Gasteiger partial charge >= 0.3 is 0 Å². The molecule has 0 aromatic heterocycles. The van der Waals surface area contributed by atoms with Gasteiger partial charge < -0.3 is 11.1 Å². The van der Waals surface area contributed by atoms with Gasteiger partial charge in [-0.2, -0.15) is 0 Å². The molecule has 2 nitrogen and oxygen atoms in total. The van der Waals surface area contributed by atoms with Crippen LogP contribution in [-0.4, -0.2) is 0 Å². The van der Waals surface area contributed by atoms with Crippen LogP contribution in [0.4, 0.5) is 17.1 Å². The van der Waals surface area contributed by atoms with Crippen LogP contribution >= 0.6 is 27.5 Å². The number of hydrogen-bond donors (Lipinski definition) is 2. The Kier molecular flexibility index (Phi) is 3.83. The maximum absolute atomic E-state index is 6.01. The second kappa shape index (κ2) is 5.21. The van der Waals surface area contributed by atoms with E-state index in [0.29, 0.717) is 10.7 Å². The first-order valence-electron chi connectivity index (χ1n) is 5.57. The van der Waals surface area contributed by atoms with Crippen molar-refractivity contribution in [2.45, 2.75) is 13.8 Å². The molecule has 94 valence electrons. The van der Waals surface area contributed by atoms with Crippen molar-refractivity contribution in [1.29, 1.82) is 0 Å². The summed E-state index contributed by atoms with van der Waals surface area (Å²) in [6.45, 7) is 4.11. The summed E-state index contributed by atoms with van der Waals surface area (Å²) in [4.78, 5) is 0. The van der Waals surface area contributed by atoms with Gasteiger partial charge in [-0.3, -0.25) is 0 Å². The predicted molar refractivity (Wildman–Crippen MR) is 82.8 cm³/mol. The molecule has 0 bridgehead atoms. The van der Waals surface area contributed by atoms with Gasteiger partial charge in [0, 0.05) is 10.2 Å². The van der Waals surface area contributed by atoms with Crippen molar-refractivity contribution in [3.63, 3.8) is 0 Å². The van der Waals surface area contributed by atoms with E-state index in [9.17, 15) is 0 Å². The number of nitrogens with one attached hydrogen (secondary N) is 1. The Morgan fingerprint density at radius 1 is 1.17 bits per heavy atom. The van der Waals surface area contributed by atoms with Crippen LogP contribution in [0.1, 0.15) is 11.1 Å². The fourth-order valence-corrected chi connectivity index (χ4v) is 2.75. The second-order valence-corrected chi connectivity index (χ2v) is 5.56. The maximum Gasteiger partial charge on any atom is 0.0742 e. The first kappa shape index (κ1) is 13.2. The number of halogens is 2. The molecule has 3 N–H and O–H groups in total. The molecule has 0 fully saturated rings. The minimum absolute atomic E-state index is 0.562. The van der Waals surface area contributed by atoms with Gasteiger partial charge in [0.1, 0.15) is 0 Å². The lowest BCUT2D eigenvalue weighted by molar-refractivity contribution is 1.34. The van der Waals surface area contributed by atoms with E-state index in [4.69, 9.17) is 17.3 Å². The topological polar surface area (TPSA) is 38.0 Å². The number of nitrogens with two attached hydrogens (primary N) is 1. The zero-order chi connectivity index (χ0) is 13.3. The van der Waals surface area contributed by atoms with Gasteiger partial charge in [-0.25, -0.2) is 0 Å². The van der Waals surface area contributed by atoms with Crippen molar-refractivity contribution in [2.24, 2.45) is 0 Å². The number of anilines is 3. The standard InChI is InChI=1S/C14H14BrClN2/c1-8-6-10(15)7-9(2)14(8)18-12-5-3-4-11(16)13(12)17/h3-7,18H,17H2,1-2H3. The third-order valence-corrected chi connectivity index (χ3v) is 3.60. The van der Waals surface area contributed by atoms with E-state index in [-0.39, 0.29) is 0 Å². The molecule has 0 heterocycles. The lowest BCUT2D eigenvalue weighted by Gasteiger charge is -2.15. The average Bonchev–Trinajstić information content (AvgIpc) is 2.28. The molecule has 18 heavy (non-hydrogen) atoms. The largest absolute Gasteiger partial charge is 0.396 e. The Balaban J connectivity index is 2.43. The highest BCUT2D eigenvalue weighted by atomic mass is 79.9. The van der Waals surface area contributed by atoms with Gasteiger partial charge in [0.15, 0.2) is 0 Å². The third kappa shape index (κ3) is 2.62. The van der Waals surface area contributed by atoms with Gasteiger partial charge in [-0.1, -0.05) is 33.6 Å². The molecule has 0 radical (unpaired) electrons. The van der Waals surface area contributed by atoms with Gasteiger partial charge in [-0.15, -0.1) is 0 Å². The summed E-state index contributed by atoms with van der Waals surface area (Å²) in [6.07, 6.45) is 0. The molecule has 0 saturated heterocycles. The Morgan fingerprint density at radius 2 is 1.78 bits per heavy atom. The Hall–Kier alpha value is -1.19. The van der Waals surface area contributed by atoms with Gasteiger partial charge in [-0.05, 0) is 49.2 Å². The predicted octanol–water partition coefficient (Wildman–Crippen LogP) is 5.05. The van der Waals surface area contributed by atoms with Crippen LogP contribution in [0.2, 0.25) is 5.02 Å². The van der Waals surface area contributed by atoms with Crippen molar-refractivity contribution in [2.75, 3.05) is 11.1 Å². The van der Waals surface area contributed by atoms with E-state index in [1.807, 2.05) is 12.1 Å². The number of hydrogen-bond acceptors (Lipinski definition) is 2. The maximum atomic E-state index is 6.01. The molecular formula is C14H14BrClN2. The van der Waals surface area contributed by atoms with Gasteiger partial charge in [0.25, 0.3) is 0 Å². The van der Waals surface area contributed by atoms with Crippen molar-refractivity contribution in [1.82, 2.24) is 0 Å². The average molecular weight is 326 g/mol. The second-order valence-electron chi connectivity index (χ2n) is 4.24. The Labute approximate surface area is 120 Å². The normalized spacial score (nSPS) is 10.4. The van der Waals surface area contributed by atoms with E-state index in [2.05, 4.69) is 47.2 Å². The lowest BCUT2D eigenvalue weighted by atomic mass is 10.1. The first-order chi connectivity index (χ1) is 8.49. The number of aryl methyl sites for hydroxylation is 2. The van der Waals surface area contributed by atoms with Gasteiger partial charge in [0.2, 0.25) is 0 Å². The summed E-state index contributed by atoms with van der Waals surface area (Å²) in [6, 6.07) is 9.71. The van der Waals surface area contributed by atoms with E-state index in [1.165, 1.54) is 0 Å². The highest BCUT2D eigenvalue weighted by Gasteiger charge is 2.08. The van der Waals surface area contributed by atoms with Crippen molar-refractivity contribution < 1.29 is 0 Å². The molecular weight excluding hydrogens is 312 g/mol. The minimum Gasteiger partial charge on any atom is -0.396 e. The number of para-hydroxylation sites is 1. The van der Waals surface area contributed by atoms with E-state index < -0.39 is 0 Å². The SMILES string of the molecule is Cc1cc(Br)cc(C)c1Nc1cccc(Cl)c1N. The van der Waals surface area contributed by atoms with E-state index >= 15 is 0 Å². The Bertz CT molecular complexity index is 573. The molecule has 0 aliphatic heterocycles. The fourth-order valence-electron chi connectivity index (χ4n) is 1.89. The molecule has 0 aliphatic rings. The third-order valence-electron chi connectivity index (χ3n) is 2.81. The highest BCUT2D eigenvalue weighted by molar-refractivity contribution is 9.10. The van der Waals surface area contributed by atoms with Crippen molar-refractivity contribution in [3.8, 4) is 0 Å². The molecule has 0 unspecified atom stereocenters. The quantitative estimate of drug-likeness (QED) is 0.759. The Morgan fingerprint density at radius 3 is 2.39 bits per heavy atom. The number of rotatable bonds is 2. The van der Waals surface area contributed by atoms with Crippen LogP contribution in [0.25, 0.3) is 0 Å². The zero-order valence-electron chi connectivity index (χ0n) is 10.2. The lowest BCUT2D eigenvalue weighted by Crippen LogP contribution is -2.00. The van der Waals surface area contributed by atoms with Gasteiger partial charge in [0.05, 0.1) is 16.4 Å². The molecule has 2 aromatic carbocycles. The summed E-state index contributed by atoms with van der Waals surface area (Å²) >= 11 is 9.50. The molecule has 0 saturated carbocycles. The summed E-state index contributed by atoms with van der Waals surface area (Å²) in [7, 11) is 0. The number of benzene rings is 2. The first-order valence-corrected chi connectivity index (χ1v) is 6.74. The van der Waals surface area contributed by atoms with E-state index in [0.717, 1.165) is 27.0 Å². The van der Waals surface area contributed by atoms with E-state index in [1.54, 1.807) is 6.07 Å². The summed E-state index contributed by atoms with van der Waals surface area (Å²) < 4.78 is 1.07. The molecule has 0 spiro atoms. The van der Waals surface area contributed by atoms with Crippen LogP contribution in [0, 0.1) is 13.8 Å². The zero-order valence-corrected chi connectivity index (χ0v) is 12.6. The summed E-state index contributed by atoms with van der Waals surface area (Å²) in [5.41, 5.74) is 10.7. The highest BCUT2D eigenvalue weighted by Crippen LogP contribution is 2.33. The van der Waals surface area contributed by atoms with Crippen LogP contribution in [0.3, 0.4) is 0 Å². The number of nitrogen functional groups attached to an aromatic ring is 1. The van der Waals surface area contributed by atoms with Crippen molar-refractivity contribution in [3.05, 3.63) is 51.0 Å². The van der Waals surface area contributed by atoms with Crippen molar-refractivity contribution >= 4 is 44.6 Å². The van der Waals surface area contributed by atoms with Crippen LogP contribution < -0.4 is 11.1 Å². The molecule has 4 heteroatoms. The molecule has 0 atom stereocenters.